The lowest BCUT2D eigenvalue weighted by Crippen LogP contribution is -2.52. The summed E-state index contributed by atoms with van der Waals surface area (Å²) >= 11 is 0. The van der Waals surface area contributed by atoms with Gasteiger partial charge in [0.25, 0.3) is 0 Å². The third-order valence-corrected chi connectivity index (χ3v) is 10.3. The van der Waals surface area contributed by atoms with E-state index in [1.807, 2.05) is 48.6 Å². The van der Waals surface area contributed by atoms with Gasteiger partial charge < -0.3 is 23.1 Å². The number of hydrogen-bond donors (Lipinski definition) is 0. The summed E-state index contributed by atoms with van der Waals surface area (Å²) in [7, 11) is -1.40. The van der Waals surface area contributed by atoms with Crippen molar-refractivity contribution in [3.05, 3.63) is 97.1 Å². The third kappa shape index (κ3) is 10.9. The van der Waals surface area contributed by atoms with Gasteiger partial charge in [-0.25, -0.2) is 0 Å². The topological polar surface area (TPSA) is 46.2 Å². The summed E-state index contributed by atoms with van der Waals surface area (Å²) in [6.45, 7) is 10.2. The molecule has 0 unspecified atom stereocenters. The molecule has 0 amide bonds. The minimum absolute atomic E-state index is 0.204. The van der Waals surface area contributed by atoms with Crippen molar-refractivity contribution >= 4 is 8.56 Å². The van der Waals surface area contributed by atoms with Gasteiger partial charge in [-0.05, 0) is 36.8 Å². The zero-order valence-electron chi connectivity index (χ0n) is 23.4. The highest BCUT2D eigenvalue weighted by Gasteiger charge is 2.49. The highest BCUT2D eigenvalue weighted by Crippen LogP contribution is 2.41. The second-order valence-corrected chi connectivity index (χ2v) is 12.8. The quantitative estimate of drug-likeness (QED) is 0.115. The Morgan fingerprint density at radius 3 is 1.74 bits per heavy atom. The van der Waals surface area contributed by atoms with Crippen LogP contribution in [0.3, 0.4) is 0 Å². The molecule has 0 radical (unpaired) electrons. The molecule has 1 aliphatic rings. The lowest BCUT2D eigenvalue weighted by atomic mass is 10.2. The molecule has 0 saturated heterocycles. The molecule has 3 rings (SSSR count). The van der Waals surface area contributed by atoms with Crippen LogP contribution >= 0.6 is 0 Å². The van der Waals surface area contributed by atoms with Gasteiger partial charge in [0.15, 0.2) is 0 Å². The molecule has 0 heterocycles. The van der Waals surface area contributed by atoms with Crippen LogP contribution in [0.15, 0.2) is 86.0 Å². The van der Waals surface area contributed by atoms with Gasteiger partial charge in [-0.3, -0.25) is 0 Å². The maximum absolute atomic E-state index is 6.99. The van der Waals surface area contributed by atoms with Gasteiger partial charge in [0.2, 0.25) is 0 Å². The summed E-state index contributed by atoms with van der Waals surface area (Å²) in [4.78, 5) is 0. The average Bonchev–Trinajstić information content (AvgIpc) is 3.50. The second kappa shape index (κ2) is 18.0. The van der Waals surface area contributed by atoms with E-state index in [9.17, 15) is 0 Å². The summed E-state index contributed by atoms with van der Waals surface area (Å²) in [6.07, 6.45) is 9.08. The van der Waals surface area contributed by atoms with Gasteiger partial charge in [-0.15, -0.1) is 13.2 Å². The van der Waals surface area contributed by atoms with Crippen LogP contribution in [0.4, 0.5) is 0 Å². The standard InChI is InChI=1S/C33H44O5Si/c1-4-15-31(27-35-25-29-17-8-6-9-18-29)37-39(24-14-23-34-3,33-21-12-13-22-33)38-32(16-5-2)28-36-26-30-19-10-7-11-20-30/h4-11,17-20,31-33H,1-2,12-13,15-16,21-23,25-28H2,3H3/t31-,32-/m1/s1. The largest absolute Gasteiger partial charge is 0.427 e. The predicted molar refractivity (Wildman–Crippen MR) is 159 cm³/mol. The van der Waals surface area contributed by atoms with E-state index < -0.39 is 8.56 Å². The Morgan fingerprint density at radius 1 is 0.821 bits per heavy atom. The zero-order valence-corrected chi connectivity index (χ0v) is 24.4. The summed E-state index contributed by atoms with van der Waals surface area (Å²) in [5.74, 6) is 3.22. The first-order valence-electron chi connectivity index (χ1n) is 14.0. The van der Waals surface area contributed by atoms with Crippen LogP contribution < -0.4 is 0 Å². The normalized spacial score (nSPS) is 15.3. The summed E-state index contributed by atoms with van der Waals surface area (Å²) < 4.78 is 31.5. The van der Waals surface area contributed by atoms with Gasteiger partial charge in [-0.1, -0.05) is 97.1 Å². The van der Waals surface area contributed by atoms with Gasteiger partial charge in [-0.2, -0.15) is 0 Å². The van der Waals surface area contributed by atoms with Crippen molar-refractivity contribution in [3.63, 3.8) is 0 Å². The van der Waals surface area contributed by atoms with Crippen LogP contribution in [0.5, 0.6) is 0 Å². The second-order valence-electron chi connectivity index (χ2n) is 9.91. The van der Waals surface area contributed by atoms with E-state index in [1.165, 1.54) is 0 Å². The number of methoxy groups -OCH3 is 1. The first kappa shape index (κ1) is 31.0. The molecule has 1 fully saturated rings. The van der Waals surface area contributed by atoms with Crippen molar-refractivity contribution in [2.45, 2.75) is 69.5 Å². The Labute approximate surface area is 236 Å². The van der Waals surface area contributed by atoms with E-state index in [2.05, 4.69) is 48.9 Å². The minimum Gasteiger partial charge on any atom is -0.379 e. The van der Waals surface area contributed by atoms with Crippen molar-refractivity contribution in [3.8, 4) is 11.5 Å². The predicted octanol–water partition coefficient (Wildman–Crippen LogP) is 6.92. The Kier molecular flexibility index (Phi) is 14.3. The fourth-order valence-corrected chi connectivity index (χ4v) is 8.42. The molecule has 0 N–H and O–H groups in total. The molecule has 39 heavy (non-hydrogen) atoms. The molecule has 0 spiro atoms. The van der Waals surface area contributed by atoms with Crippen LogP contribution in [0, 0.1) is 11.5 Å². The summed E-state index contributed by atoms with van der Waals surface area (Å²) in [6, 6.07) is 20.4. The molecular formula is C33H44O5Si. The number of rotatable bonds is 18. The van der Waals surface area contributed by atoms with Gasteiger partial charge in [0.1, 0.15) is 6.61 Å². The van der Waals surface area contributed by atoms with E-state index in [-0.39, 0.29) is 17.7 Å². The Hall–Kier alpha value is -2.50. The summed E-state index contributed by atoms with van der Waals surface area (Å²) in [5.41, 5.74) is 6.04. The number of benzene rings is 2. The highest BCUT2D eigenvalue weighted by molar-refractivity contribution is 6.77. The first-order chi connectivity index (χ1) is 19.2. The van der Waals surface area contributed by atoms with Crippen LogP contribution in [0.25, 0.3) is 0 Å². The maximum Gasteiger partial charge on any atom is 0.427 e. The van der Waals surface area contributed by atoms with Crippen molar-refractivity contribution < 1.29 is 23.1 Å². The van der Waals surface area contributed by atoms with E-state index in [0.717, 1.165) is 36.8 Å². The van der Waals surface area contributed by atoms with Crippen LogP contribution in [0.2, 0.25) is 5.54 Å². The molecule has 0 aromatic heterocycles. The van der Waals surface area contributed by atoms with Gasteiger partial charge >= 0.3 is 8.56 Å². The smallest absolute Gasteiger partial charge is 0.379 e. The molecule has 2 atom stereocenters. The Balaban J connectivity index is 1.78. The monoisotopic (exact) mass is 548 g/mol. The van der Waals surface area contributed by atoms with Gasteiger partial charge in [0, 0.05) is 12.7 Å². The molecule has 6 heteroatoms. The molecule has 1 aliphatic carbocycles. The molecule has 2 aromatic carbocycles. The molecule has 0 bridgehead atoms. The molecule has 0 aliphatic heterocycles. The Bertz CT molecular complexity index is 949. The molecule has 2 aromatic rings. The van der Waals surface area contributed by atoms with Crippen molar-refractivity contribution in [2.24, 2.45) is 0 Å². The van der Waals surface area contributed by atoms with Crippen LogP contribution in [0.1, 0.15) is 49.7 Å². The van der Waals surface area contributed by atoms with E-state index >= 15 is 0 Å². The van der Waals surface area contributed by atoms with Crippen molar-refractivity contribution in [1.82, 2.24) is 0 Å². The zero-order chi connectivity index (χ0) is 27.6. The lowest BCUT2D eigenvalue weighted by Gasteiger charge is -2.37. The van der Waals surface area contributed by atoms with E-state index in [4.69, 9.17) is 23.1 Å². The van der Waals surface area contributed by atoms with Crippen LogP contribution in [-0.4, -0.2) is 47.7 Å². The van der Waals surface area contributed by atoms with E-state index in [0.29, 0.717) is 45.9 Å². The maximum atomic E-state index is 6.99. The lowest BCUT2D eigenvalue weighted by molar-refractivity contribution is -0.00892. The number of hydrogen-bond acceptors (Lipinski definition) is 5. The minimum atomic E-state index is -3.06. The average molecular weight is 549 g/mol. The van der Waals surface area contributed by atoms with Crippen molar-refractivity contribution in [1.29, 1.82) is 0 Å². The molecule has 5 nitrogen and oxygen atoms in total. The first-order valence-corrected chi connectivity index (χ1v) is 15.9. The van der Waals surface area contributed by atoms with E-state index in [1.54, 1.807) is 7.11 Å². The molecule has 1 saturated carbocycles. The number of ether oxygens (including phenoxy) is 3. The SMILES string of the molecule is C=CC[C@H](COCc1ccccc1)O[Si](C#CCOC)(O[C@H](CC=C)COCc1ccccc1)C1CCCC1. The van der Waals surface area contributed by atoms with Gasteiger partial charge in [0.05, 0.1) is 38.6 Å². The fraction of sp³-hybridized carbons (Fsp3) is 0.455. The molecular weight excluding hydrogens is 504 g/mol. The fourth-order valence-electron chi connectivity index (χ4n) is 4.85. The highest BCUT2D eigenvalue weighted by atomic mass is 28.4. The summed E-state index contributed by atoms with van der Waals surface area (Å²) in [5, 5.41) is 0. The molecule has 210 valence electrons. The van der Waals surface area contributed by atoms with Crippen LogP contribution in [-0.2, 0) is 36.3 Å². The van der Waals surface area contributed by atoms with Crippen molar-refractivity contribution in [2.75, 3.05) is 26.9 Å². The third-order valence-electron chi connectivity index (χ3n) is 6.74. The Morgan fingerprint density at radius 2 is 1.31 bits per heavy atom.